The maximum absolute atomic E-state index is 12.9. The fourth-order valence-corrected chi connectivity index (χ4v) is 14.0. The topological polar surface area (TPSA) is 296 Å². The van der Waals surface area contributed by atoms with Crippen LogP contribution in [0.2, 0.25) is 0 Å². The molecule has 0 saturated carbocycles. The quantitative estimate of drug-likeness (QED) is 0.0159. The number of benzene rings is 8. The number of nitrogens with zero attached hydrogens (tertiary/aromatic N) is 6. The zero-order valence-electron chi connectivity index (χ0n) is 70.8. The van der Waals surface area contributed by atoms with Crippen molar-refractivity contribution in [2.45, 2.75) is 135 Å². The van der Waals surface area contributed by atoms with E-state index in [9.17, 15) is 44.4 Å². The van der Waals surface area contributed by atoms with E-state index in [4.69, 9.17) is 47.4 Å². The maximum atomic E-state index is 12.9. The number of aryl methyl sites for hydroxylation is 4. The van der Waals surface area contributed by atoms with E-state index in [0.717, 1.165) is 106 Å². The number of carbonyl (C=O) groups excluding carboxylic acids is 1. The Balaban J connectivity index is 0.000000160. The summed E-state index contributed by atoms with van der Waals surface area (Å²) in [5.74, 6) is 2.82. The third kappa shape index (κ3) is 23.5. The van der Waals surface area contributed by atoms with Gasteiger partial charge in [0.05, 0.1) is 68.8 Å². The molecule has 0 spiro atoms. The standard InChI is InChI=1S/C28H27NO5.C25H26N2O4.C24H29NO7.C20H22N2O3S/c1-28(2,27(31)32)34-25-15-8-13-23-21(25)16-18-29(23)17-9-19-33-24-14-7-6-12-22(24)26(30)20-10-4-3-5-11-20;1-25(2,24(28)29)31-23-8-5-7-22-21(23)13-17-27(22)16-6-18-30-20-11-9-19(10-12-20)26-14-3-4-15-26;1-24(2,23(26)27)32-19-9-6-8-18-17(19)10-12-25(18)11-7-13-31-16-14-20(28-3)22(30-5)21(15-16)29-4;1-20(2,19(23)24)25-18-6-3-5-17-16(18)9-13-22(17)12-4-14-26-15-7-10-21-11-8-15/h3-8,10-16,18H,9,17,19H2,1-2H3,(H,31,32);3-5,7-15,17H,6,16,18H2,1-2H3,(H,28,29);6,8-10,12,14-15H,7,11,13H2,1-5H3,(H,26,27);3,5-11,13H,4,12,14H2,1-2H3,(H,23,24). The van der Waals surface area contributed by atoms with Crippen molar-refractivity contribution in [1.29, 1.82) is 0 Å². The van der Waals surface area contributed by atoms with Crippen LogP contribution < -0.4 is 47.4 Å². The molecule has 8 aromatic carbocycles. The van der Waals surface area contributed by atoms with E-state index >= 15 is 0 Å². The second-order valence-electron chi connectivity index (χ2n) is 30.6. The number of carbonyl (C=O) groups is 5. The molecule has 0 fully saturated rings. The Morgan fingerprint density at radius 2 is 0.724 bits per heavy atom. The first-order valence-corrected chi connectivity index (χ1v) is 41.2. The van der Waals surface area contributed by atoms with Crippen LogP contribution in [0.25, 0.3) is 49.3 Å². The number of para-hydroxylation sites is 1. The van der Waals surface area contributed by atoms with Crippen LogP contribution in [-0.4, -0.2) is 147 Å². The van der Waals surface area contributed by atoms with Crippen molar-refractivity contribution in [2.24, 2.45) is 0 Å². The predicted octanol–water partition coefficient (Wildman–Crippen LogP) is 19.6. The van der Waals surface area contributed by atoms with Crippen LogP contribution in [0.4, 0.5) is 0 Å². The third-order valence-electron chi connectivity index (χ3n) is 20.0. The molecule has 0 radical (unpaired) electrons. The first-order valence-electron chi connectivity index (χ1n) is 40.2. The Hall–Kier alpha value is -13.8. The Morgan fingerprint density at radius 3 is 1.11 bits per heavy atom. The van der Waals surface area contributed by atoms with Crippen molar-refractivity contribution in [3.05, 3.63) is 273 Å². The number of fused-ring (bicyclic) bond motifs is 4. The summed E-state index contributed by atoms with van der Waals surface area (Å²) in [7, 11) is 4.68. The Bertz CT molecular complexity index is 5850. The summed E-state index contributed by atoms with van der Waals surface area (Å²) < 4.78 is 67.4. The highest BCUT2D eigenvalue weighted by molar-refractivity contribution is 7.99. The van der Waals surface area contributed by atoms with Crippen molar-refractivity contribution in [2.75, 3.05) is 46.9 Å². The molecular formula is C97H104N6O19S. The molecule has 0 amide bonds. The number of carboxylic acids is 4. The van der Waals surface area contributed by atoms with Gasteiger partial charge >= 0.3 is 23.9 Å². The lowest BCUT2D eigenvalue weighted by Crippen LogP contribution is -2.37. The van der Waals surface area contributed by atoms with Gasteiger partial charge in [0, 0.05) is 126 Å². The number of carboxylic acid groups (broad SMARTS) is 4. The number of aliphatic carboxylic acids is 4. The monoisotopic (exact) mass is 1690 g/mol. The molecule has 642 valence electrons. The smallest absolute Gasteiger partial charge is 0.347 e. The molecule has 26 heteroatoms. The number of hydrogen-bond donors (Lipinski definition) is 4. The molecule has 0 bridgehead atoms. The van der Waals surface area contributed by atoms with Crippen LogP contribution in [0.1, 0.15) is 97.0 Å². The number of rotatable bonds is 38. The molecule has 0 aliphatic carbocycles. The minimum Gasteiger partial charge on any atom is -0.494 e. The van der Waals surface area contributed by atoms with E-state index in [1.807, 2.05) is 225 Å². The Kier molecular flexibility index (Phi) is 30.4. The molecule has 25 nitrogen and oxygen atoms in total. The molecule has 0 aliphatic rings. The molecule has 0 atom stereocenters. The average molecular weight is 1690 g/mol. The van der Waals surface area contributed by atoms with Crippen molar-refractivity contribution >= 4 is 85.0 Å². The van der Waals surface area contributed by atoms with Gasteiger partial charge in [-0.15, -0.1) is 11.8 Å². The van der Waals surface area contributed by atoms with Crippen molar-refractivity contribution in [3.63, 3.8) is 0 Å². The lowest BCUT2D eigenvalue weighted by Gasteiger charge is -2.22. The van der Waals surface area contributed by atoms with E-state index in [0.29, 0.717) is 89.2 Å². The average Bonchev–Trinajstić information content (AvgIpc) is 1.67. The Morgan fingerprint density at radius 1 is 0.358 bits per heavy atom. The summed E-state index contributed by atoms with van der Waals surface area (Å²) in [6.45, 7) is 17.0. The maximum Gasteiger partial charge on any atom is 0.347 e. The SMILES string of the molecule is CC(C)(Oc1cccc2c1ccn2CCCOc1ccc(-n2cccc2)cc1)C(=O)O.CC(C)(Oc1cccc2c1ccn2CCCOc1ccccc1C(=O)c1ccccc1)C(=O)O.CC(C)(Oc1cccc2c1ccn2CCCSc1ccncc1)C(=O)O.COc1cc(OCCCn2ccc3c(OC(C)(C)C(=O)O)cccc32)cc(OC)c1OC. The molecule has 0 unspecified atom stereocenters. The van der Waals surface area contributed by atoms with Crippen molar-refractivity contribution in [3.8, 4) is 63.2 Å². The van der Waals surface area contributed by atoms with Crippen LogP contribution >= 0.6 is 11.8 Å². The summed E-state index contributed by atoms with van der Waals surface area (Å²) in [6, 6.07) is 66.5. The van der Waals surface area contributed by atoms with Gasteiger partial charge in [-0.25, -0.2) is 19.2 Å². The van der Waals surface area contributed by atoms with Crippen LogP contribution in [0.5, 0.6) is 57.5 Å². The number of thioether (sulfide) groups is 1. The normalized spacial score (nSPS) is 11.4. The summed E-state index contributed by atoms with van der Waals surface area (Å²) >= 11 is 1.82. The van der Waals surface area contributed by atoms with Crippen LogP contribution in [-0.2, 0) is 45.4 Å². The summed E-state index contributed by atoms with van der Waals surface area (Å²) in [6.07, 6.45) is 18.9. The van der Waals surface area contributed by atoms with Gasteiger partial charge < -0.3 is 90.6 Å². The van der Waals surface area contributed by atoms with E-state index < -0.39 is 46.3 Å². The minimum absolute atomic E-state index is 0.0654. The largest absolute Gasteiger partial charge is 0.494 e. The summed E-state index contributed by atoms with van der Waals surface area (Å²) in [4.78, 5) is 63.7. The zero-order chi connectivity index (χ0) is 87.9. The molecular weight excluding hydrogens is 1590 g/mol. The van der Waals surface area contributed by atoms with Gasteiger partial charge in [0.15, 0.2) is 39.7 Å². The molecule has 6 heterocycles. The van der Waals surface area contributed by atoms with E-state index in [-0.39, 0.29) is 5.78 Å². The van der Waals surface area contributed by atoms with Gasteiger partial charge in [-0.05, 0) is 220 Å². The van der Waals surface area contributed by atoms with Crippen molar-refractivity contribution < 1.29 is 91.8 Å². The molecule has 14 aromatic rings. The van der Waals surface area contributed by atoms with Gasteiger partial charge in [0.25, 0.3) is 0 Å². The second kappa shape index (κ2) is 41.5. The lowest BCUT2D eigenvalue weighted by atomic mass is 10.0. The molecule has 123 heavy (non-hydrogen) atoms. The van der Waals surface area contributed by atoms with Gasteiger partial charge in [0.1, 0.15) is 40.2 Å². The highest BCUT2D eigenvalue weighted by Crippen LogP contribution is 2.42. The number of ketones is 1. The lowest BCUT2D eigenvalue weighted by molar-refractivity contribution is -0.152. The van der Waals surface area contributed by atoms with E-state index in [2.05, 4.69) is 27.8 Å². The van der Waals surface area contributed by atoms with Gasteiger partial charge in [-0.2, -0.15) is 0 Å². The molecule has 6 aromatic heterocycles. The predicted molar refractivity (Wildman–Crippen MR) is 475 cm³/mol. The highest BCUT2D eigenvalue weighted by atomic mass is 32.2. The molecule has 0 saturated heterocycles. The minimum atomic E-state index is -1.32. The zero-order valence-corrected chi connectivity index (χ0v) is 71.6. The van der Waals surface area contributed by atoms with Gasteiger partial charge in [0.2, 0.25) is 5.75 Å². The molecule has 4 N–H and O–H groups in total. The number of methoxy groups -OCH3 is 3. The Labute approximate surface area is 718 Å². The second-order valence-corrected chi connectivity index (χ2v) is 31.8. The first kappa shape index (κ1) is 90.0. The molecule has 14 rings (SSSR count). The summed E-state index contributed by atoms with van der Waals surface area (Å²) in [5, 5.41) is 40.9. The third-order valence-corrected chi connectivity index (χ3v) is 21.1. The fourth-order valence-electron chi connectivity index (χ4n) is 13.2. The van der Waals surface area contributed by atoms with Crippen molar-refractivity contribution in [1.82, 2.24) is 27.8 Å². The van der Waals surface area contributed by atoms with Gasteiger partial charge in [-0.1, -0.05) is 66.7 Å². The number of pyridine rings is 1. The summed E-state index contributed by atoms with van der Waals surface area (Å²) in [5.41, 5.74) is 1.06. The molecule has 0 aliphatic heterocycles. The number of aromatic nitrogens is 6. The number of ether oxygens (including phenoxy) is 10. The van der Waals surface area contributed by atoms with E-state index in [1.54, 1.807) is 97.6 Å². The van der Waals surface area contributed by atoms with Crippen LogP contribution in [0.15, 0.2) is 267 Å². The van der Waals surface area contributed by atoms with Crippen LogP contribution in [0, 0.1) is 0 Å². The van der Waals surface area contributed by atoms with Gasteiger partial charge in [-0.3, -0.25) is 9.78 Å². The first-order chi connectivity index (χ1) is 59.1. The fraction of sp³-hybridized carbons (Fsp3) is 0.278. The van der Waals surface area contributed by atoms with E-state index in [1.165, 1.54) is 32.6 Å². The number of hydrogen-bond acceptors (Lipinski definition) is 17. The van der Waals surface area contributed by atoms with Crippen LogP contribution in [0.3, 0.4) is 0 Å². The highest BCUT2D eigenvalue weighted by Gasteiger charge is 2.34.